The molecule has 1 fully saturated rings. The van der Waals surface area contributed by atoms with Crippen molar-refractivity contribution < 1.29 is 9.59 Å². The van der Waals surface area contributed by atoms with E-state index in [0.29, 0.717) is 0 Å². The number of amides is 2. The third-order valence-electron chi connectivity index (χ3n) is 3.99. The molecular weight excluding hydrogens is 280 g/mol. The zero-order chi connectivity index (χ0) is 16.1. The van der Waals surface area contributed by atoms with Gasteiger partial charge in [-0.1, -0.05) is 13.8 Å². The molecule has 0 radical (unpaired) electrons. The zero-order valence-electron chi connectivity index (χ0n) is 13.7. The van der Waals surface area contributed by atoms with Crippen molar-refractivity contribution in [1.82, 2.24) is 19.8 Å². The lowest BCUT2D eigenvalue weighted by molar-refractivity contribution is -0.136. The number of rotatable bonds is 5. The average molecular weight is 306 g/mol. The molecule has 6 heteroatoms. The molecule has 0 saturated carbocycles. The molecule has 22 heavy (non-hydrogen) atoms. The summed E-state index contributed by atoms with van der Waals surface area (Å²) < 4.78 is 1.83. The first kappa shape index (κ1) is 16.5. The van der Waals surface area contributed by atoms with Crippen molar-refractivity contribution in [2.45, 2.75) is 58.5 Å². The number of hydrogen-bond acceptors (Lipinski definition) is 3. The maximum atomic E-state index is 12.3. The zero-order valence-corrected chi connectivity index (χ0v) is 13.7. The van der Waals surface area contributed by atoms with E-state index in [1.807, 2.05) is 23.3 Å². The van der Waals surface area contributed by atoms with Gasteiger partial charge in [0.2, 0.25) is 11.8 Å². The largest absolute Gasteiger partial charge is 0.343 e. The molecule has 1 atom stereocenters. The second-order valence-corrected chi connectivity index (χ2v) is 6.24. The Hall–Kier alpha value is -1.85. The average Bonchev–Trinajstić information content (AvgIpc) is 2.95. The van der Waals surface area contributed by atoms with Crippen LogP contribution in [0.4, 0.5) is 0 Å². The summed E-state index contributed by atoms with van der Waals surface area (Å²) in [5.41, 5.74) is 0. The number of hydrogen-bond donors (Lipinski definition) is 1. The van der Waals surface area contributed by atoms with Crippen LogP contribution in [0.5, 0.6) is 0 Å². The minimum absolute atomic E-state index is 0.0164. The van der Waals surface area contributed by atoms with Gasteiger partial charge in [-0.25, -0.2) is 4.98 Å². The molecule has 1 saturated heterocycles. The summed E-state index contributed by atoms with van der Waals surface area (Å²) in [5.74, 6) is 1.00. The summed E-state index contributed by atoms with van der Waals surface area (Å²) in [6, 6.07) is -0.475. The second-order valence-electron chi connectivity index (χ2n) is 6.24. The van der Waals surface area contributed by atoms with Gasteiger partial charge in [0.05, 0.1) is 0 Å². The first-order valence-electron chi connectivity index (χ1n) is 8.08. The molecule has 2 heterocycles. The van der Waals surface area contributed by atoms with Crippen LogP contribution in [0.3, 0.4) is 0 Å². The first-order valence-corrected chi connectivity index (χ1v) is 8.08. The van der Waals surface area contributed by atoms with Crippen LogP contribution in [0.15, 0.2) is 12.4 Å². The van der Waals surface area contributed by atoms with E-state index in [2.05, 4.69) is 10.3 Å². The molecule has 0 aromatic carbocycles. The van der Waals surface area contributed by atoms with Crippen LogP contribution < -0.4 is 5.32 Å². The number of nitrogens with one attached hydrogen (secondary N) is 1. The van der Waals surface area contributed by atoms with E-state index in [4.69, 9.17) is 0 Å². The van der Waals surface area contributed by atoms with E-state index >= 15 is 0 Å². The van der Waals surface area contributed by atoms with Crippen molar-refractivity contribution in [1.29, 1.82) is 0 Å². The van der Waals surface area contributed by atoms with Crippen LogP contribution in [0.2, 0.25) is 0 Å². The third kappa shape index (κ3) is 4.08. The van der Waals surface area contributed by atoms with Crippen LogP contribution in [0.25, 0.3) is 0 Å². The topological polar surface area (TPSA) is 67.2 Å². The Bertz CT molecular complexity index is 518. The summed E-state index contributed by atoms with van der Waals surface area (Å²) in [6.07, 6.45) is 6.79. The molecule has 6 nitrogen and oxygen atoms in total. The summed E-state index contributed by atoms with van der Waals surface area (Å²) in [5, 5.41) is 2.80. The van der Waals surface area contributed by atoms with Crippen LogP contribution >= 0.6 is 0 Å². The number of aromatic nitrogens is 2. The van der Waals surface area contributed by atoms with Gasteiger partial charge in [-0.3, -0.25) is 9.59 Å². The van der Waals surface area contributed by atoms with Crippen molar-refractivity contribution in [3.63, 3.8) is 0 Å². The third-order valence-corrected chi connectivity index (χ3v) is 3.99. The van der Waals surface area contributed by atoms with Crippen molar-refractivity contribution in [2.24, 2.45) is 0 Å². The van der Waals surface area contributed by atoms with Crippen LogP contribution in [0.1, 0.15) is 51.8 Å². The maximum Gasteiger partial charge on any atom is 0.244 e. The van der Waals surface area contributed by atoms with Gasteiger partial charge in [-0.15, -0.1) is 0 Å². The summed E-state index contributed by atoms with van der Waals surface area (Å²) >= 11 is 0. The van der Waals surface area contributed by atoms with Gasteiger partial charge < -0.3 is 14.8 Å². The Morgan fingerprint density at radius 3 is 2.55 bits per heavy atom. The number of carbonyl (C=O) groups is 2. The highest BCUT2D eigenvalue weighted by Crippen LogP contribution is 2.12. The lowest BCUT2D eigenvalue weighted by Crippen LogP contribution is -2.49. The fourth-order valence-corrected chi connectivity index (χ4v) is 2.85. The predicted octanol–water partition coefficient (Wildman–Crippen LogP) is 1.52. The normalized spacial score (nSPS) is 16.6. The molecule has 0 aliphatic carbocycles. The molecule has 122 valence electrons. The van der Waals surface area contributed by atoms with Gasteiger partial charge in [0.25, 0.3) is 0 Å². The fraction of sp³-hybridized carbons (Fsp3) is 0.688. The van der Waals surface area contributed by atoms with Crippen molar-refractivity contribution in [3.05, 3.63) is 18.2 Å². The van der Waals surface area contributed by atoms with Gasteiger partial charge in [-0.05, 0) is 26.2 Å². The molecular formula is C16H26N4O2. The molecule has 0 spiro atoms. The monoisotopic (exact) mass is 306 g/mol. The minimum atomic E-state index is -0.475. The standard InChI is InChI=1S/C16H26N4O2/c1-12(2)15-17-7-10-20(15)11-14(21)18-13(3)16(22)19-8-5-4-6-9-19/h7,10,12-13H,4-6,8-9,11H2,1-3H3,(H,18,21)/t13-/m0/s1. The first-order chi connectivity index (χ1) is 10.5. The van der Waals surface area contributed by atoms with E-state index in [1.54, 1.807) is 19.3 Å². The van der Waals surface area contributed by atoms with Gasteiger partial charge in [0.1, 0.15) is 18.4 Å². The molecule has 1 aromatic heterocycles. The van der Waals surface area contributed by atoms with E-state index in [9.17, 15) is 9.59 Å². The van der Waals surface area contributed by atoms with Crippen LogP contribution in [0, 0.1) is 0 Å². The highest BCUT2D eigenvalue weighted by Gasteiger charge is 2.23. The Kier molecular flexibility index (Phi) is 5.57. The molecule has 2 rings (SSSR count). The smallest absolute Gasteiger partial charge is 0.244 e. The van der Waals surface area contributed by atoms with Gasteiger partial charge >= 0.3 is 0 Å². The fourth-order valence-electron chi connectivity index (χ4n) is 2.85. The minimum Gasteiger partial charge on any atom is -0.343 e. The summed E-state index contributed by atoms with van der Waals surface area (Å²) in [4.78, 5) is 30.6. The molecule has 2 amide bonds. The van der Waals surface area contributed by atoms with E-state index in [0.717, 1.165) is 31.8 Å². The Morgan fingerprint density at radius 1 is 1.23 bits per heavy atom. The van der Waals surface area contributed by atoms with Crippen molar-refractivity contribution >= 4 is 11.8 Å². The summed E-state index contributed by atoms with van der Waals surface area (Å²) in [6.45, 7) is 7.64. The quantitative estimate of drug-likeness (QED) is 0.897. The van der Waals surface area contributed by atoms with Gasteiger partial charge in [-0.2, -0.15) is 0 Å². The summed E-state index contributed by atoms with van der Waals surface area (Å²) in [7, 11) is 0. The SMILES string of the molecule is CC(C)c1nccn1CC(=O)N[C@@H](C)C(=O)N1CCCCC1. The van der Waals surface area contributed by atoms with E-state index < -0.39 is 6.04 Å². The van der Waals surface area contributed by atoms with Crippen LogP contribution in [-0.4, -0.2) is 45.4 Å². The van der Waals surface area contributed by atoms with E-state index in [-0.39, 0.29) is 24.3 Å². The number of likely N-dealkylation sites (tertiary alicyclic amines) is 1. The lowest BCUT2D eigenvalue weighted by Gasteiger charge is -2.29. The Morgan fingerprint density at radius 2 is 1.91 bits per heavy atom. The van der Waals surface area contributed by atoms with Crippen LogP contribution in [-0.2, 0) is 16.1 Å². The highest BCUT2D eigenvalue weighted by atomic mass is 16.2. The Labute approximate surface area is 131 Å². The number of nitrogens with zero attached hydrogens (tertiary/aromatic N) is 3. The molecule has 0 bridgehead atoms. The number of carbonyl (C=O) groups excluding carboxylic acids is 2. The van der Waals surface area contributed by atoms with Crippen molar-refractivity contribution in [3.8, 4) is 0 Å². The number of imidazole rings is 1. The molecule has 0 unspecified atom stereocenters. The highest BCUT2D eigenvalue weighted by molar-refractivity contribution is 5.87. The molecule has 1 aliphatic rings. The Balaban J connectivity index is 1.88. The molecule has 1 N–H and O–H groups in total. The van der Waals surface area contributed by atoms with E-state index in [1.165, 1.54) is 6.42 Å². The number of piperidine rings is 1. The van der Waals surface area contributed by atoms with Gasteiger partial charge in [0, 0.05) is 31.4 Å². The molecule has 1 aliphatic heterocycles. The maximum absolute atomic E-state index is 12.3. The molecule has 1 aromatic rings. The predicted molar refractivity (Wildman–Crippen MR) is 84.4 cm³/mol. The van der Waals surface area contributed by atoms with Crippen molar-refractivity contribution in [2.75, 3.05) is 13.1 Å². The second kappa shape index (κ2) is 7.42. The lowest BCUT2D eigenvalue weighted by atomic mass is 10.1. The van der Waals surface area contributed by atoms with Gasteiger partial charge in [0.15, 0.2) is 0 Å².